The predicted octanol–water partition coefficient (Wildman–Crippen LogP) is 3.62. The molecule has 1 heterocycles. The summed E-state index contributed by atoms with van der Waals surface area (Å²) in [6.45, 7) is 0. The number of carbonyl (C=O) groups excluding carboxylic acids is 2. The Morgan fingerprint density at radius 1 is 0.909 bits per heavy atom. The number of non-ortho nitro benzene ring substituents is 1. The van der Waals surface area contributed by atoms with Crippen molar-refractivity contribution < 1.29 is 28.7 Å². The van der Waals surface area contributed by atoms with E-state index >= 15 is 0 Å². The molecule has 0 unspecified atom stereocenters. The minimum atomic E-state index is -0.476. The molecule has 2 aliphatic rings. The number of nitrogens with one attached hydrogen (secondary N) is 1. The highest BCUT2D eigenvalue weighted by Gasteiger charge is 2.38. The standard InChI is InChI=1S/C24H24N2O7/c1-31-20-10-15(11-21(32-2)24(20)33-3)14-8-18-23(19(27)9-14)17(12-22(28)25-18)13-4-6-16(7-5-13)26(29)30/h4-7,10-11,14,17H,8-9,12H2,1-3H3,(H,25,28)/t14-,17+/m1/s1. The molecule has 4 rings (SSSR count). The zero-order valence-corrected chi connectivity index (χ0v) is 18.5. The molecule has 2 aromatic carbocycles. The van der Waals surface area contributed by atoms with Crippen molar-refractivity contribution in [3.63, 3.8) is 0 Å². The maximum absolute atomic E-state index is 13.3. The number of methoxy groups -OCH3 is 3. The number of benzene rings is 2. The van der Waals surface area contributed by atoms with E-state index in [2.05, 4.69) is 5.32 Å². The smallest absolute Gasteiger partial charge is 0.269 e. The molecule has 0 saturated carbocycles. The summed E-state index contributed by atoms with van der Waals surface area (Å²) in [5.41, 5.74) is 2.70. The van der Waals surface area contributed by atoms with E-state index < -0.39 is 10.8 Å². The van der Waals surface area contributed by atoms with Crippen LogP contribution in [0.25, 0.3) is 0 Å². The van der Waals surface area contributed by atoms with Crippen molar-refractivity contribution in [2.45, 2.75) is 31.1 Å². The number of rotatable bonds is 6. The van der Waals surface area contributed by atoms with E-state index in [0.29, 0.717) is 40.5 Å². The Morgan fingerprint density at radius 3 is 2.09 bits per heavy atom. The molecule has 1 aliphatic heterocycles. The zero-order valence-electron chi connectivity index (χ0n) is 18.5. The van der Waals surface area contributed by atoms with Crippen LogP contribution in [0.5, 0.6) is 17.2 Å². The van der Waals surface area contributed by atoms with Crippen LogP contribution < -0.4 is 19.5 Å². The van der Waals surface area contributed by atoms with E-state index in [4.69, 9.17) is 14.2 Å². The lowest BCUT2D eigenvalue weighted by molar-refractivity contribution is -0.384. The molecule has 0 radical (unpaired) electrons. The van der Waals surface area contributed by atoms with Crippen molar-refractivity contribution in [3.05, 3.63) is 68.9 Å². The Balaban J connectivity index is 1.70. The zero-order chi connectivity index (χ0) is 23.7. The Bertz CT molecular complexity index is 1130. The van der Waals surface area contributed by atoms with E-state index in [9.17, 15) is 19.7 Å². The molecule has 9 nitrogen and oxygen atoms in total. The molecule has 2 atom stereocenters. The summed E-state index contributed by atoms with van der Waals surface area (Å²) in [6, 6.07) is 9.67. The van der Waals surface area contributed by atoms with Crippen LogP contribution in [0.2, 0.25) is 0 Å². The molecule has 0 saturated heterocycles. The van der Waals surface area contributed by atoms with Gasteiger partial charge < -0.3 is 19.5 Å². The van der Waals surface area contributed by atoms with Crippen LogP contribution in [0.1, 0.15) is 42.2 Å². The fraction of sp³-hybridized carbons (Fsp3) is 0.333. The van der Waals surface area contributed by atoms with Gasteiger partial charge in [-0.05, 0) is 35.6 Å². The van der Waals surface area contributed by atoms with Gasteiger partial charge in [-0.1, -0.05) is 12.1 Å². The Hall–Kier alpha value is -3.88. The number of amides is 1. The molecule has 33 heavy (non-hydrogen) atoms. The van der Waals surface area contributed by atoms with Crippen LogP contribution in [-0.4, -0.2) is 37.9 Å². The molecule has 1 amide bonds. The largest absolute Gasteiger partial charge is 0.493 e. The van der Waals surface area contributed by atoms with Crippen LogP contribution in [0.15, 0.2) is 47.7 Å². The van der Waals surface area contributed by atoms with Crippen molar-refractivity contribution in [2.24, 2.45) is 0 Å². The maximum Gasteiger partial charge on any atom is 0.269 e. The first-order valence-corrected chi connectivity index (χ1v) is 10.5. The van der Waals surface area contributed by atoms with Crippen molar-refractivity contribution >= 4 is 17.4 Å². The average Bonchev–Trinajstić information content (AvgIpc) is 2.82. The summed E-state index contributed by atoms with van der Waals surface area (Å²) >= 11 is 0. The minimum absolute atomic E-state index is 0.0364. The topological polar surface area (TPSA) is 117 Å². The molecule has 0 bridgehead atoms. The lowest BCUT2D eigenvalue weighted by Gasteiger charge is -2.34. The molecule has 0 fully saturated rings. The van der Waals surface area contributed by atoms with Gasteiger partial charge >= 0.3 is 0 Å². The number of nitro groups is 1. The highest BCUT2D eigenvalue weighted by Crippen LogP contribution is 2.46. The number of hydrogen-bond donors (Lipinski definition) is 1. The number of nitrogens with zero attached hydrogens (tertiary/aromatic N) is 1. The third-order valence-corrected chi connectivity index (χ3v) is 6.20. The van der Waals surface area contributed by atoms with Crippen LogP contribution >= 0.6 is 0 Å². The van der Waals surface area contributed by atoms with Crippen molar-refractivity contribution in [3.8, 4) is 17.2 Å². The Kier molecular flexibility index (Phi) is 6.04. The number of carbonyl (C=O) groups is 2. The monoisotopic (exact) mass is 452 g/mol. The molecule has 9 heteroatoms. The van der Waals surface area contributed by atoms with Gasteiger partial charge in [0.2, 0.25) is 11.7 Å². The summed E-state index contributed by atoms with van der Waals surface area (Å²) in [6.07, 6.45) is 0.850. The molecule has 1 N–H and O–H groups in total. The van der Waals surface area contributed by atoms with E-state index in [1.807, 2.05) is 12.1 Å². The third-order valence-electron chi connectivity index (χ3n) is 6.20. The number of allylic oxidation sites excluding steroid dienone is 2. The number of ether oxygens (including phenoxy) is 3. The predicted molar refractivity (Wildman–Crippen MR) is 119 cm³/mol. The quantitative estimate of drug-likeness (QED) is 0.525. The van der Waals surface area contributed by atoms with Crippen molar-refractivity contribution in [1.29, 1.82) is 0 Å². The second-order valence-electron chi connectivity index (χ2n) is 8.03. The first-order chi connectivity index (χ1) is 15.9. The summed E-state index contributed by atoms with van der Waals surface area (Å²) in [4.78, 5) is 36.3. The highest BCUT2D eigenvalue weighted by atomic mass is 16.6. The van der Waals surface area contributed by atoms with Crippen LogP contribution in [0.3, 0.4) is 0 Å². The fourth-order valence-corrected chi connectivity index (χ4v) is 4.65. The summed E-state index contributed by atoms with van der Waals surface area (Å²) in [7, 11) is 4.59. The second-order valence-corrected chi connectivity index (χ2v) is 8.03. The van der Waals surface area contributed by atoms with Crippen LogP contribution in [-0.2, 0) is 9.59 Å². The van der Waals surface area contributed by atoms with E-state index in [-0.39, 0.29) is 36.1 Å². The average molecular weight is 452 g/mol. The van der Waals surface area contributed by atoms with E-state index in [0.717, 1.165) is 5.56 Å². The Morgan fingerprint density at radius 2 is 1.55 bits per heavy atom. The molecule has 2 aromatic rings. The summed E-state index contributed by atoms with van der Waals surface area (Å²) in [5, 5.41) is 13.9. The first kappa shape index (κ1) is 22.3. The molecule has 1 aliphatic carbocycles. The lowest BCUT2D eigenvalue weighted by Crippen LogP contribution is -2.38. The first-order valence-electron chi connectivity index (χ1n) is 10.5. The summed E-state index contributed by atoms with van der Waals surface area (Å²) in [5.74, 6) is 0.610. The number of hydrogen-bond acceptors (Lipinski definition) is 7. The normalized spacial score (nSPS) is 20.1. The van der Waals surface area contributed by atoms with Gasteiger partial charge in [-0.3, -0.25) is 19.7 Å². The van der Waals surface area contributed by atoms with Gasteiger partial charge in [0.25, 0.3) is 5.69 Å². The van der Waals surface area contributed by atoms with Gasteiger partial charge in [-0.25, -0.2) is 0 Å². The molecular weight excluding hydrogens is 428 g/mol. The van der Waals surface area contributed by atoms with Crippen molar-refractivity contribution in [2.75, 3.05) is 21.3 Å². The van der Waals surface area contributed by atoms with Crippen LogP contribution in [0.4, 0.5) is 5.69 Å². The second kappa shape index (κ2) is 8.93. The fourth-order valence-electron chi connectivity index (χ4n) is 4.65. The van der Waals surface area contributed by atoms with E-state index in [1.54, 1.807) is 12.1 Å². The highest BCUT2D eigenvalue weighted by molar-refractivity contribution is 6.02. The van der Waals surface area contributed by atoms with Gasteiger partial charge in [0.15, 0.2) is 17.3 Å². The van der Waals surface area contributed by atoms with E-state index in [1.165, 1.54) is 33.5 Å². The number of nitro benzene ring substituents is 1. The van der Waals surface area contributed by atoms with Gasteiger partial charge in [0.1, 0.15) is 0 Å². The van der Waals surface area contributed by atoms with Gasteiger partial charge in [-0.2, -0.15) is 0 Å². The lowest BCUT2D eigenvalue weighted by atomic mass is 9.73. The molecule has 172 valence electrons. The van der Waals surface area contributed by atoms with Crippen LogP contribution in [0, 0.1) is 10.1 Å². The minimum Gasteiger partial charge on any atom is -0.493 e. The number of Topliss-reactive ketones (excluding diaryl/α,β-unsaturated/α-hetero) is 1. The number of ketones is 1. The molecule has 0 spiro atoms. The van der Waals surface area contributed by atoms with Gasteiger partial charge in [0, 0.05) is 42.2 Å². The summed E-state index contributed by atoms with van der Waals surface area (Å²) < 4.78 is 16.3. The molecular formula is C24H24N2O7. The Labute approximate surface area is 190 Å². The SMILES string of the molecule is COc1cc([C@H]2CC(=O)C3=C(C2)NC(=O)C[C@H]3c2ccc([N+](=O)[O-])cc2)cc(OC)c1OC. The third kappa shape index (κ3) is 4.13. The van der Waals surface area contributed by atoms with Crippen molar-refractivity contribution in [1.82, 2.24) is 5.32 Å². The van der Waals surface area contributed by atoms with Gasteiger partial charge in [0.05, 0.1) is 26.3 Å². The van der Waals surface area contributed by atoms with Gasteiger partial charge in [-0.15, -0.1) is 0 Å². The maximum atomic E-state index is 13.3. The molecule has 0 aromatic heterocycles.